The number of ether oxygens (including phenoxy) is 2. The van der Waals surface area contributed by atoms with Crippen molar-refractivity contribution >= 4 is 23.2 Å². The summed E-state index contributed by atoms with van der Waals surface area (Å²) < 4.78 is 12.9. The van der Waals surface area contributed by atoms with Gasteiger partial charge in [0.15, 0.2) is 11.5 Å². The fourth-order valence-corrected chi connectivity index (χ4v) is 3.80. The van der Waals surface area contributed by atoms with E-state index < -0.39 is 4.92 Å². The zero-order valence-corrected chi connectivity index (χ0v) is 20.4. The van der Waals surface area contributed by atoms with Gasteiger partial charge in [-0.1, -0.05) is 41.9 Å². The second kappa shape index (κ2) is 10.9. The number of methoxy groups -OCH3 is 1. The molecular weight excluding hydrogens is 484 g/mol. The molecule has 1 amide bonds. The van der Waals surface area contributed by atoms with Gasteiger partial charge in [-0.05, 0) is 35.9 Å². The van der Waals surface area contributed by atoms with Gasteiger partial charge in [0.1, 0.15) is 0 Å². The molecule has 4 aromatic rings. The third-order valence-electron chi connectivity index (χ3n) is 5.39. The zero-order chi connectivity index (χ0) is 25.7. The van der Waals surface area contributed by atoms with Gasteiger partial charge in [0, 0.05) is 42.0 Å². The van der Waals surface area contributed by atoms with Gasteiger partial charge in [-0.25, -0.2) is 0 Å². The highest BCUT2D eigenvalue weighted by Gasteiger charge is 2.20. The van der Waals surface area contributed by atoms with Gasteiger partial charge in [0.25, 0.3) is 5.91 Å². The Bertz CT molecular complexity index is 1390. The van der Waals surface area contributed by atoms with Crippen molar-refractivity contribution in [2.75, 3.05) is 14.2 Å². The zero-order valence-electron chi connectivity index (χ0n) is 19.6. The highest BCUT2D eigenvalue weighted by molar-refractivity contribution is 6.30. The van der Waals surface area contributed by atoms with Crippen LogP contribution in [0.5, 0.6) is 17.2 Å². The normalized spacial score (nSPS) is 10.6. The lowest BCUT2D eigenvalue weighted by Crippen LogP contribution is -2.26. The number of hydrogen-bond acceptors (Lipinski definition) is 6. The van der Waals surface area contributed by atoms with Gasteiger partial charge in [0.05, 0.1) is 24.8 Å². The first-order valence-corrected chi connectivity index (χ1v) is 11.3. The van der Waals surface area contributed by atoms with Gasteiger partial charge < -0.3 is 14.4 Å². The predicted molar refractivity (Wildman–Crippen MR) is 135 cm³/mol. The minimum atomic E-state index is -0.581. The number of amides is 1. The molecule has 0 N–H and O–H groups in total. The van der Waals surface area contributed by atoms with Gasteiger partial charge in [0.2, 0.25) is 5.75 Å². The maximum Gasteiger partial charge on any atom is 0.313 e. The van der Waals surface area contributed by atoms with E-state index in [0.29, 0.717) is 18.7 Å². The quantitative estimate of drug-likeness (QED) is 0.217. The average Bonchev–Trinajstić information content (AvgIpc) is 3.31. The summed E-state index contributed by atoms with van der Waals surface area (Å²) in [5.41, 5.74) is 2.12. The Balaban J connectivity index is 1.46. The molecule has 0 aliphatic rings. The molecule has 0 unspecified atom stereocenters. The van der Waals surface area contributed by atoms with E-state index in [1.54, 1.807) is 24.2 Å². The van der Waals surface area contributed by atoms with Crippen LogP contribution in [0.15, 0.2) is 79.1 Å². The average molecular weight is 507 g/mol. The van der Waals surface area contributed by atoms with Gasteiger partial charge in [-0.15, -0.1) is 0 Å². The standard InChI is InChI=1S/C26H23ClN4O5/c1-29(15-19-14-28-30(17-19)16-18-6-4-3-5-7-18)26(32)20-8-10-24(25(12-20)35-2)36-23-11-9-21(27)13-22(23)31(33)34/h3-14,17H,15-16H2,1-2H3. The lowest BCUT2D eigenvalue weighted by atomic mass is 10.1. The number of carbonyl (C=O) groups is 1. The van der Waals surface area contributed by atoms with Crippen LogP contribution in [0.4, 0.5) is 5.69 Å². The number of hydrogen-bond donors (Lipinski definition) is 0. The molecule has 0 atom stereocenters. The molecule has 0 bridgehead atoms. The summed E-state index contributed by atoms with van der Waals surface area (Å²) in [6, 6.07) is 18.7. The molecule has 36 heavy (non-hydrogen) atoms. The Kier molecular flexibility index (Phi) is 7.50. The van der Waals surface area contributed by atoms with E-state index in [2.05, 4.69) is 5.10 Å². The Morgan fingerprint density at radius 3 is 2.53 bits per heavy atom. The van der Waals surface area contributed by atoms with E-state index in [1.807, 2.05) is 41.2 Å². The smallest absolute Gasteiger partial charge is 0.313 e. The third-order valence-corrected chi connectivity index (χ3v) is 5.62. The van der Waals surface area contributed by atoms with E-state index in [0.717, 1.165) is 11.1 Å². The summed E-state index contributed by atoms with van der Waals surface area (Å²) in [7, 11) is 3.13. The molecule has 0 aliphatic heterocycles. The molecule has 0 saturated carbocycles. The van der Waals surface area contributed by atoms with E-state index in [4.69, 9.17) is 21.1 Å². The summed E-state index contributed by atoms with van der Waals surface area (Å²) in [5, 5.41) is 16.0. The van der Waals surface area contributed by atoms with Crippen LogP contribution in [0, 0.1) is 10.1 Å². The van der Waals surface area contributed by atoms with Crippen LogP contribution in [0.2, 0.25) is 5.02 Å². The molecule has 184 valence electrons. The number of rotatable bonds is 9. The van der Waals surface area contributed by atoms with E-state index in [1.165, 1.54) is 37.4 Å². The molecule has 0 aliphatic carbocycles. The minimum absolute atomic E-state index is 0.00593. The Morgan fingerprint density at radius 1 is 1.06 bits per heavy atom. The molecule has 0 spiro atoms. The summed E-state index contributed by atoms with van der Waals surface area (Å²) in [6.45, 7) is 1.01. The molecular formula is C26H23ClN4O5. The monoisotopic (exact) mass is 506 g/mol. The van der Waals surface area contributed by atoms with Crippen LogP contribution in [-0.4, -0.2) is 39.7 Å². The van der Waals surface area contributed by atoms with Crippen molar-refractivity contribution in [3.05, 3.63) is 111 Å². The first-order valence-electron chi connectivity index (χ1n) is 10.9. The fraction of sp³-hybridized carbons (Fsp3) is 0.154. The molecule has 10 heteroatoms. The van der Waals surface area contributed by atoms with E-state index in [-0.39, 0.29) is 33.9 Å². The highest BCUT2D eigenvalue weighted by Crippen LogP contribution is 2.38. The van der Waals surface area contributed by atoms with Gasteiger partial charge >= 0.3 is 5.69 Å². The second-order valence-corrected chi connectivity index (χ2v) is 8.47. The number of halogens is 1. The summed E-state index contributed by atoms with van der Waals surface area (Å²) in [6.07, 6.45) is 3.65. The molecule has 1 heterocycles. The van der Waals surface area contributed by atoms with Crippen LogP contribution in [0.3, 0.4) is 0 Å². The second-order valence-electron chi connectivity index (χ2n) is 8.03. The topological polar surface area (TPSA) is 99.7 Å². The van der Waals surface area contributed by atoms with Crippen LogP contribution < -0.4 is 9.47 Å². The lowest BCUT2D eigenvalue weighted by Gasteiger charge is -2.17. The molecule has 3 aromatic carbocycles. The fourth-order valence-electron chi connectivity index (χ4n) is 3.63. The van der Waals surface area contributed by atoms with Crippen molar-refractivity contribution in [3.63, 3.8) is 0 Å². The highest BCUT2D eigenvalue weighted by atomic mass is 35.5. The number of nitro benzene ring substituents is 1. The minimum Gasteiger partial charge on any atom is -0.493 e. The largest absolute Gasteiger partial charge is 0.493 e. The lowest BCUT2D eigenvalue weighted by molar-refractivity contribution is -0.385. The third kappa shape index (κ3) is 5.81. The van der Waals surface area contributed by atoms with Crippen molar-refractivity contribution in [1.29, 1.82) is 0 Å². The van der Waals surface area contributed by atoms with E-state index >= 15 is 0 Å². The van der Waals surface area contributed by atoms with Crippen LogP contribution >= 0.6 is 11.6 Å². The first kappa shape index (κ1) is 24.7. The molecule has 9 nitrogen and oxygen atoms in total. The Labute approximate surface area is 212 Å². The number of aromatic nitrogens is 2. The van der Waals surface area contributed by atoms with E-state index in [9.17, 15) is 14.9 Å². The Hall–Kier alpha value is -4.37. The van der Waals surface area contributed by atoms with Crippen molar-refractivity contribution in [1.82, 2.24) is 14.7 Å². The van der Waals surface area contributed by atoms with Crippen molar-refractivity contribution in [2.45, 2.75) is 13.1 Å². The van der Waals surface area contributed by atoms with Crippen molar-refractivity contribution in [2.24, 2.45) is 0 Å². The molecule has 4 rings (SSSR count). The summed E-state index contributed by atoms with van der Waals surface area (Å²) in [5.74, 6) is 0.262. The van der Waals surface area contributed by atoms with Gasteiger partial charge in [-0.3, -0.25) is 19.6 Å². The molecule has 1 aromatic heterocycles. The predicted octanol–water partition coefficient (Wildman–Crippen LogP) is 5.57. The maximum absolute atomic E-state index is 13.1. The first-order chi connectivity index (χ1) is 17.3. The van der Waals surface area contributed by atoms with Crippen molar-refractivity contribution in [3.8, 4) is 17.2 Å². The van der Waals surface area contributed by atoms with Crippen LogP contribution in [0.25, 0.3) is 0 Å². The van der Waals surface area contributed by atoms with Gasteiger partial charge in [-0.2, -0.15) is 5.10 Å². The molecule has 0 radical (unpaired) electrons. The Morgan fingerprint density at radius 2 is 1.81 bits per heavy atom. The van der Waals surface area contributed by atoms with Crippen molar-refractivity contribution < 1.29 is 19.2 Å². The number of carbonyl (C=O) groups excluding carboxylic acids is 1. The maximum atomic E-state index is 13.1. The number of benzene rings is 3. The summed E-state index contributed by atoms with van der Waals surface area (Å²) in [4.78, 5) is 25.4. The molecule has 0 fully saturated rings. The number of nitrogens with zero attached hydrogens (tertiary/aromatic N) is 4. The molecule has 0 saturated heterocycles. The van der Waals surface area contributed by atoms with Crippen LogP contribution in [0.1, 0.15) is 21.5 Å². The number of nitro groups is 1. The van der Waals surface area contributed by atoms with Crippen LogP contribution in [-0.2, 0) is 13.1 Å². The summed E-state index contributed by atoms with van der Waals surface area (Å²) >= 11 is 5.87. The SMILES string of the molecule is COc1cc(C(=O)N(C)Cc2cnn(Cc3ccccc3)c2)ccc1Oc1ccc(Cl)cc1[N+](=O)[O-].